The lowest BCUT2D eigenvalue weighted by Crippen LogP contribution is -2.45. The van der Waals surface area contributed by atoms with Crippen LogP contribution in [-0.2, 0) is 17.9 Å². The zero-order chi connectivity index (χ0) is 22.9. The second-order valence-electron chi connectivity index (χ2n) is 7.95. The van der Waals surface area contributed by atoms with Crippen molar-refractivity contribution in [3.05, 3.63) is 58.0 Å². The van der Waals surface area contributed by atoms with Gasteiger partial charge in [-0.15, -0.1) is 9.90 Å². The summed E-state index contributed by atoms with van der Waals surface area (Å²) in [7, 11) is 1.45. The third kappa shape index (κ3) is 3.90. The summed E-state index contributed by atoms with van der Waals surface area (Å²) in [5.41, 5.74) is 4.97. The molecular formula is C22H22N8O3. The maximum atomic E-state index is 11.8. The molecule has 0 unspecified atom stereocenters. The number of carbonyl (C=O) groups is 1. The van der Waals surface area contributed by atoms with Gasteiger partial charge in [0.1, 0.15) is 18.2 Å². The second-order valence-corrected chi connectivity index (χ2v) is 7.95. The van der Waals surface area contributed by atoms with Gasteiger partial charge in [-0.2, -0.15) is 15.3 Å². The number of cyclic esters (lactones) is 1. The van der Waals surface area contributed by atoms with Gasteiger partial charge in [0.05, 0.1) is 30.8 Å². The Bertz CT molecular complexity index is 1270. The smallest absolute Gasteiger partial charge is 0.338 e. The molecule has 1 saturated heterocycles. The number of nitrogens with zero attached hydrogens (tertiary/aromatic N) is 7. The molecule has 1 aromatic carbocycles. The highest BCUT2D eigenvalue weighted by Gasteiger charge is 2.28. The molecule has 0 aliphatic carbocycles. The summed E-state index contributed by atoms with van der Waals surface area (Å²) < 4.78 is 10.3. The summed E-state index contributed by atoms with van der Waals surface area (Å²) >= 11 is 0. The highest BCUT2D eigenvalue weighted by atomic mass is 16.5. The van der Waals surface area contributed by atoms with Crippen molar-refractivity contribution in [3.63, 3.8) is 0 Å². The van der Waals surface area contributed by atoms with Gasteiger partial charge in [-0.3, -0.25) is 4.90 Å². The number of nitriles is 1. The van der Waals surface area contributed by atoms with Crippen LogP contribution in [0.25, 0.3) is 5.95 Å². The van der Waals surface area contributed by atoms with E-state index >= 15 is 0 Å². The Morgan fingerprint density at radius 1 is 1.36 bits per heavy atom. The van der Waals surface area contributed by atoms with E-state index < -0.39 is 0 Å². The molecule has 0 bridgehead atoms. The van der Waals surface area contributed by atoms with Crippen molar-refractivity contribution < 1.29 is 14.3 Å². The van der Waals surface area contributed by atoms with Crippen LogP contribution in [0, 0.1) is 18.3 Å². The Hall–Kier alpha value is -3.88. The van der Waals surface area contributed by atoms with E-state index in [4.69, 9.17) is 14.7 Å². The monoisotopic (exact) mass is 446 g/mol. The first-order valence-corrected chi connectivity index (χ1v) is 10.6. The Morgan fingerprint density at radius 3 is 3.06 bits per heavy atom. The highest BCUT2D eigenvalue weighted by molar-refractivity contribution is 5.94. The van der Waals surface area contributed by atoms with E-state index in [0.717, 1.165) is 36.5 Å². The number of piperazine rings is 1. The molecule has 0 amide bonds. The van der Waals surface area contributed by atoms with Crippen LogP contribution in [0.5, 0.6) is 5.88 Å². The fraction of sp³-hybridized carbons (Fsp3) is 0.364. The normalized spacial score (nSPS) is 18.0. The molecule has 2 aliphatic rings. The molecular weight excluding hydrogens is 424 g/mol. The van der Waals surface area contributed by atoms with Crippen molar-refractivity contribution in [2.75, 3.05) is 26.7 Å². The predicted molar refractivity (Wildman–Crippen MR) is 115 cm³/mol. The van der Waals surface area contributed by atoms with Crippen molar-refractivity contribution in [2.24, 2.45) is 0 Å². The summed E-state index contributed by atoms with van der Waals surface area (Å²) in [5, 5.41) is 21.5. The largest absolute Gasteiger partial charge is 0.480 e. The number of benzene rings is 1. The average Bonchev–Trinajstić information content (AvgIpc) is 3.46. The van der Waals surface area contributed by atoms with Crippen LogP contribution in [0.1, 0.15) is 44.3 Å². The van der Waals surface area contributed by atoms with Gasteiger partial charge in [-0.25, -0.2) is 9.78 Å². The van der Waals surface area contributed by atoms with Crippen LogP contribution < -0.4 is 10.1 Å². The molecule has 2 aliphatic heterocycles. The lowest BCUT2D eigenvalue weighted by molar-refractivity contribution is 0.0535. The topological polar surface area (TPSA) is 131 Å². The van der Waals surface area contributed by atoms with Gasteiger partial charge < -0.3 is 14.8 Å². The summed E-state index contributed by atoms with van der Waals surface area (Å²) in [6.45, 7) is 5.51. The molecule has 168 valence electrons. The van der Waals surface area contributed by atoms with Crippen LogP contribution >= 0.6 is 0 Å². The molecule has 1 fully saturated rings. The number of rotatable bonds is 5. The first kappa shape index (κ1) is 21.0. The van der Waals surface area contributed by atoms with E-state index in [0.29, 0.717) is 18.7 Å². The molecule has 0 radical (unpaired) electrons. The number of ether oxygens (including phenoxy) is 2. The number of methoxy groups -OCH3 is 1. The maximum Gasteiger partial charge on any atom is 0.338 e. The second kappa shape index (κ2) is 8.57. The molecule has 3 aromatic rings. The lowest BCUT2D eigenvalue weighted by atomic mass is 9.93. The van der Waals surface area contributed by atoms with Crippen molar-refractivity contribution in [1.82, 2.24) is 35.2 Å². The molecule has 33 heavy (non-hydrogen) atoms. The number of hydrogen-bond acceptors (Lipinski definition) is 10. The van der Waals surface area contributed by atoms with Crippen LogP contribution in [0.15, 0.2) is 24.5 Å². The molecule has 4 heterocycles. The van der Waals surface area contributed by atoms with Crippen LogP contribution in [-0.4, -0.2) is 62.6 Å². The number of fused-ring (bicyclic) bond motifs is 1. The maximum absolute atomic E-state index is 11.8. The minimum Gasteiger partial charge on any atom is -0.480 e. The number of hydrogen-bond donors (Lipinski definition) is 1. The minimum absolute atomic E-state index is 0.140. The molecule has 11 nitrogen and oxygen atoms in total. The summed E-state index contributed by atoms with van der Waals surface area (Å²) in [6.07, 6.45) is 3.08. The molecule has 2 aromatic heterocycles. The van der Waals surface area contributed by atoms with Crippen LogP contribution in [0.2, 0.25) is 0 Å². The van der Waals surface area contributed by atoms with Crippen molar-refractivity contribution in [2.45, 2.75) is 26.1 Å². The molecule has 5 rings (SSSR count). The summed E-state index contributed by atoms with van der Waals surface area (Å²) in [4.78, 5) is 23.8. The van der Waals surface area contributed by atoms with Gasteiger partial charge in [0, 0.05) is 37.8 Å². The third-order valence-corrected chi connectivity index (χ3v) is 6.00. The fourth-order valence-corrected chi connectivity index (χ4v) is 4.29. The fourth-order valence-electron chi connectivity index (χ4n) is 4.29. The summed E-state index contributed by atoms with van der Waals surface area (Å²) in [6, 6.07) is 6.01. The standard InChI is InChI=1S/C22H22N8O3/c1-13-16(3-4-17-18(13)12-33-21(17)31)19-11-29(6-5-24-19)10-15-9-26-30(28-15)22-25-8-14(7-23)20(27-22)32-2/h3-4,8-9,19,24H,5-6,10-12H2,1-2H3/t19-/m0/s1. The van der Waals surface area contributed by atoms with Crippen LogP contribution in [0.3, 0.4) is 0 Å². The molecule has 11 heteroatoms. The average molecular weight is 446 g/mol. The Kier molecular flexibility index (Phi) is 5.45. The van der Waals surface area contributed by atoms with Gasteiger partial charge in [-0.1, -0.05) is 6.07 Å². The van der Waals surface area contributed by atoms with E-state index in [1.54, 1.807) is 6.20 Å². The van der Waals surface area contributed by atoms with E-state index in [-0.39, 0.29) is 29.4 Å². The molecule has 1 atom stereocenters. The Balaban J connectivity index is 1.30. The van der Waals surface area contributed by atoms with E-state index in [1.165, 1.54) is 23.7 Å². The number of aromatic nitrogens is 5. The van der Waals surface area contributed by atoms with Gasteiger partial charge in [0.2, 0.25) is 5.88 Å². The Labute approximate surface area is 190 Å². The van der Waals surface area contributed by atoms with Crippen molar-refractivity contribution in [1.29, 1.82) is 5.26 Å². The first-order valence-electron chi connectivity index (χ1n) is 10.6. The zero-order valence-electron chi connectivity index (χ0n) is 18.3. The number of carbonyl (C=O) groups excluding carboxylic acids is 1. The number of esters is 1. The molecule has 0 spiro atoms. The Morgan fingerprint density at radius 2 is 2.24 bits per heavy atom. The van der Waals surface area contributed by atoms with Gasteiger partial charge in [0.15, 0.2) is 0 Å². The lowest BCUT2D eigenvalue weighted by Gasteiger charge is -2.34. The van der Waals surface area contributed by atoms with Crippen molar-refractivity contribution in [3.8, 4) is 17.9 Å². The first-order chi connectivity index (χ1) is 16.1. The highest BCUT2D eigenvalue weighted by Crippen LogP contribution is 2.30. The van der Waals surface area contributed by atoms with E-state index in [1.807, 2.05) is 25.1 Å². The van der Waals surface area contributed by atoms with E-state index in [2.05, 4.69) is 30.4 Å². The SMILES string of the molecule is COc1nc(-n2ncc(CN3CCN[C@H](c4ccc5c(c4C)COC5=O)C3)n2)ncc1C#N. The third-order valence-electron chi connectivity index (χ3n) is 6.00. The zero-order valence-corrected chi connectivity index (χ0v) is 18.3. The minimum atomic E-state index is -0.246. The quantitative estimate of drug-likeness (QED) is 0.568. The van der Waals surface area contributed by atoms with Gasteiger partial charge >= 0.3 is 5.97 Å². The number of nitrogens with one attached hydrogen (secondary N) is 1. The van der Waals surface area contributed by atoms with Crippen LogP contribution in [0.4, 0.5) is 0 Å². The van der Waals surface area contributed by atoms with E-state index in [9.17, 15) is 4.79 Å². The molecule has 0 saturated carbocycles. The van der Waals surface area contributed by atoms with Crippen molar-refractivity contribution >= 4 is 5.97 Å². The molecule has 1 N–H and O–H groups in total. The summed E-state index contributed by atoms with van der Waals surface area (Å²) in [5.74, 6) is 0.175. The van der Waals surface area contributed by atoms with Gasteiger partial charge in [-0.05, 0) is 24.1 Å². The predicted octanol–water partition coefficient (Wildman–Crippen LogP) is 1.06. The van der Waals surface area contributed by atoms with Gasteiger partial charge in [0.25, 0.3) is 5.95 Å².